The van der Waals surface area contributed by atoms with Gasteiger partial charge in [-0.15, -0.1) is 0 Å². The molecular formula is C11H16N4O2. The largest absolute Gasteiger partial charge is 0.455 e. The number of rotatable bonds is 5. The molecule has 2 rings (SSSR count). The van der Waals surface area contributed by atoms with Gasteiger partial charge in [0, 0.05) is 13.0 Å². The van der Waals surface area contributed by atoms with E-state index < -0.39 is 0 Å². The van der Waals surface area contributed by atoms with Gasteiger partial charge in [0.05, 0.1) is 6.54 Å². The Hall–Kier alpha value is -1.66. The highest BCUT2D eigenvalue weighted by Crippen LogP contribution is 2.20. The van der Waals surface area contributed by atoms with Crippen LogP contribution < -0.4 is 5.73 Å². The minimum Gasteiger partial charge on any atom is -0.455 e. The number of furan rings is 1. The third-order valence-corrected chi connectivity index (χ3v) is 2.32. The fourth-order valence-electron chi connectivity index (χ4n) is 1.38. The van der Waals surface area contributed by atoms with Crippen molar-refractivity contribution in [3.63, 3.8) is 0 Å². The van der Waals surface area contributed by atoms with Crippen LogP contribution in [0, 0.1) is 0 Å². The molecule has 6 nitrogen and oxygen atoms in total. The van der Waals surface area contributed by atoms with E-state index in [1.807, 2.05) is 14.1 Å². The molecule has 0 atom stereocenters. The van der Waals surface area contributed by atoms with Gasteiger partial charge < -0.3 is 19.6 Å². The quantitative estimate of drug-likeness (QED) is 0.830. The summed E-state index contributed by atoms with van der Waals surface area (Å²) in [4.78, 5) is 6.33. The first-order valence-corrected chi connectivity index (χ1v) is 5.45. The van der Waals surface area contributed by atoms with Crippen molar-refractivity contribution in [3.05, 3.63) is 23.7 Å². The van der Waals surface area contributed by atoms with Crippen LogP contribution in [0.1, 0.15) is 11.6 Å². The molecule has 17 heavy (non-hydrogen) atoms. The molecule has 0 spiro atoms. The SMILES string of the molecule is CN(C)CCc1noc(-c2ccc(CN)o2)n1. The van der Waals surface area contributed by atoms with Crippen molar-refractivity contribution < 1.29 is 8.94 Å². The van der Waals surface area contributed by atoms with E-state index in [4.69, 9.17) is 14.7 Å². The lowest BCUT2D eigenvalue weighted by atomic mass is 10.4. The third kappa shape index (κ3) is 2.92. The van der Waals surface area contributed by atoms with Crippen LogP contribution >= 0.6 is 0 Å². The maximum atomic E-state index is 5.46. The number of aromatic nitrogens is 2. The van der Waals surface area contributed by atoms with E-state index in [0.717, 1.165) is 13.0 Å². The Kier molecular flexibility index (Phi) is 3.55. The first-order valence-electron chi connectivity index (χ1n) is 5.45. The van der Waals surface area contributed by atoms with E-state index in [1.54, 1.807) is 12.1 Å². The lowest BCUT2D eigenvalue weighted by Gasteiger charge is -2.05. The van der Waals surface area contributed by atoms with Crippen LogP contribution in [0.25, 0.3) is 11.7 Å². The summed E-state index contributed by atoms with van der Waals surface area (Å²) >= 11 is 0. The Morgan fingerprint density at radius 1 is 1.35 bits per heavy atom. The molecule has 0 aliphatic carbocycles. The van der Waals surface area contributed by atoms with Crippen molar-refractivity contribution in [3.8, 4) is 11.7 Å². The Labute approximate surface area is 99.4 Å². The number of nitrogens with zero attached hydrogens (tertiary/aromatic N) is 3. The summed E-state index contributed by atoms with van der Waals surface area (Å²) in [5.74, 6) is 2.35. The fourth-order valence-corrected chi connectivity index (χ4v) is 1.38. The van der Waals surface area contributed by atoms with Crippen molar-refractivity contribution >= 4 is 0 Å². The fraction of sp³-hybridized carbons (Fsp3) is 0.455. The molecule has 0 saturated heterocycles. The molecule has 0 aromatic carbocycles. The summed E-state index contributed by atoms with van der Waals surface area (Å²) in [6.07, 6.45) is 0.751. The second kappa shape index (κ2) is 5.11. The summed E-state index contributed by atoms with van der Waals surface area (Å²) in [5.41, 5.74) is 5.46. The van der Waals surface area contributed by atoms with E-state index >= 15 is 0 Å². The topological polar surface area (TPSA) is 81.3 Å². The highest BCUT2D eigenvalue weighted by Gasteiger charge is 2.12. The molecule has 0 saturated carbocycles. The highest BCUT2D eigenvalue weighted by molar-refractivity contribution is 5.44. The molecule has 0 aliphatic heterocycles. The van der Waals surface area contributed by atoms with E-state index in [1.165, 1.54) is 0 Å². The number of likely N-dealkylation sites (N-methyl/N-ethyl adjacent to an activating group) is 1. The van der Waals surface area contributed by atoms with Gasteiger partial charge in [0.1, 0.15) is 5.76 Å². The van der Waals surface area contributed by atoms with Crippen molar-refractivity contribution in [1.82, 2.24) is 15.0 Å². The molecule has 2 heterocycles. The summed E-state index contributed by atoms with van der Waals surface area (Å²) < 4.78 is 10.6. The van der Waals surface area contributed by atoms with Gasteiger partial charge in [-0.05, 0) is 26.2 Å². The van der Waals surface area contributed by atoms with Crippen molar-refractivity contribution in [2.24, 2.45) is 5.73 Å². The Balaban J connectivity index is 2.07. The molecule has 0 amide bonds. The number of nitrogens with two attached hydrogens (primary N) is 1. The minimum absolute atomic E-state index is 0.363. The average Bonchev–Trinajstić information content (AvgIpc) is 2.94. The van der Waals surface area contributed by atoms with Crippen molar-refractivity contribution in [2.75, 3.05) is 20.6 Å². The second-order valence-electron chi connectivity index (χ2n) is 4.04. The summed E-state index contributed by atoms with van der Waals surface area (Å²) in [7, 11) is 4.00. The van der Waals surface area contributed by atoms with Crippen LogP contribution in [-0.2, 0) is 13.0 Å². The predicted molar refractivity (Wildman–Crippen MR) is 62.1 cm³/mol. The van der Waals surface area contributed by atoms with Crippen LogP contribution in [-0.4, -0.2) is 35.7 Å². The number of hydrogen-bond donors (Lipinski definition) is 1. The van der Waals surface area contributed by atoms with Gasteiger partial charge in [0.2, 0.25) is 0 Å². The molecule has 0 unspecified atom stereocenters. The second-order valence-corrected chi connectivity index (χ2v) is 4.04. The Morgan fingerprint density at radius 3 is 2.82 bits per heavy atom. The normalized spacial score (nSPS) is 11.3. The molecule has 2 N–H and O–H groups in total. The Morgan fingerprint density at radius 2 is 2.18 bits per heavy atom. The van der Waals surface area contributed by atoms with E-state index in [-0.39, 0.29) is 0 Å². The third-order valence-electron chi connectivity index (χ3n) is 2.32. The van der Waals surface area contributed by atoms with Crippen molar-refractivity contribution in [2.45, 2.75) is 13.0 Å². The minimum atomic E-state index is 0.363. The molecule has 92 valence electrons. The van der Waals surface area contributed by atoms with Crippen LogP contribution in [0.5, 0.6) is 0 Å². The average molecular weight is 236 g/mol. The molecular weight excluding hydrogens is 220 g/mol. The zero-order valence-electron chi connectivity index (χ0n) is 10.0. The lowest BCUT2D eigenvalue weighted by Crippen LogP contribution is -2.15. The van der Waals surface area contributed by atoms with Gasteiger partial charge in [-0.2, -0.15) is 4.98 Å². The first-order chi connectivity index (χ1) is 8.19. The molecule has 0 fully saturated rings. The van der Waals surface area contributed by atoms with E-state index in [9.17, 15) is 0 Å². The lowest BCUT2D eigenvalue weighted by molar-refractivity contribution is 0.387. The zero-order chi connectivity index (χ0) is 12.3. The van der Waals surface area contributed by atoms with Crippen LogP contribution in [0.2, 0.25) is 0 Å². The molecule has 2 aromatic heterocycles. The number of hydrogen-bond acceptors (Lipinski definition) is 6. The van der Waals surface area contributed by atoms with Gasteiger partial charge in [-0.3, -0.25) is 0 Å². The van der Waals surface area contributed by atoms with Gasteiger partial charge in [0.25, 0.3) is 5.89 Å². The molecule has 6 heteroatoms. The monoisotopic (exact) mass is 236 g/mol. The van der Waals surface area contributed by atoms with Crippen molar-refractivity contribution in [1.29, 1.82) is 0 Å². The highest BCUT2D eigenvalue weighted by atomic mass is 16.5. The van der Waals surface area contributed by atoms with Gasteiger partial charge >= 0.3 is 0 Å². The van der Waals surface area contributed by atoms with E-state index in [2.05, 4.69) is 15.0 Å². The van der Waals surface area contributed by atoms with Gasteiger partial charge in [-0.1, -0.05) is 5.16 Å². The zero-order valence-corrected chi connectivity index (χ0v) is 10.0. The maximum absolute atomic E-state index is 5.46. The van der Waals surface area contributed by atoms with Gasteiger partial charge in [-0.25, -0.2) is 0 Å². The summed E-state index contributed by atoms with van der Waals surface area (Å²) in [6.45, 7) is 1.24. The summed E-state index contributed by atoms with van der Waals surface area (Å²) in [6, 6.07) is 3.59. The smallest absolute Gasteiger partial charge is 0.293 e. The van der Waals surface area contributed by atoms with Gasteiger partial charge in [0.15, 0.2) is 11.6 Å². The van der Waals surface area contributed by atoms with Crippen LogP contribution in [0.4, 0.5) is 0 Å². The van der Waals surface area contributed by atoms with E-state index in [0.29, 0.717) is 29.8 Å². The first kappa shape index (κ1) is 11.8. The molecule has 0 aliphatic rings. The molecule has 0 radical (unpaired) electrons. The standard InChI is InChI=1S/C11H16N4O2/c1-15(2)6-5-10-13-11(17-14-10)9-4-3-8(7-12)16-9/h3-4H,5-7,12H2,1-2H3. The molecule has 2 aromatic rings. The van der Waals surface area contributed by atoms with Crippen LogP contribution in [0.3, 0.4) is 0 Å². The predicted octanol–water partition coefficient (Wildman–Crippen LogP) is 0.892. The van der Waals surface area contributed by atoms with Crippen LogP contribution in [0.15, 0.2) is 21.1 Å². The maximum Gasteiger partial charge on any atom is 0.293 e. The summed E-state index contributed by atoms with van der Waals surface area (Å²) in [5, 5.41) is 3.90. The Bertz CT molecular complexity index is 475. The molecule has 0 bridgehead atoms.